The molecule has 1 aliphatic heterocycles. The number of thiazole rings is 1. The van der Waals surface area contributed by atoms with Crippen molar-refractivity contribution in [2.75, 3.05) is 18.1 Å². The molecule has 2 aromatic heterocycles. The minimum atomic E-state index is -0.313. The van der Waals surface area contributed by atoms with Crippen molar-refractivity contribution in [2.24, 2.45) is 0 Å². The van der Waals surface area contributed by atoms with Gasteiger partial charge >= 0.3 is 0 Å². The molecule has 0 spiro atoms. The van der Waals surface area contributed by atoms with Crippen molar-refractivity contribution in [3.8, 4) is 17.1 Å². The molecule has 0 atom stereocenters. The second-order valence-electron chi connectivity index (χ2n) is 7.94. The lowest BCUT2D eigenvalue weighted by atomic mass is 10.1. The van der Waals surface area contributed by atoms with Crippen molar-refractivity contribution in [1.29, 1.82) is 0 Å². The van der Waals surface area contributed by atoms with Crippen LogP contribution in [0, 0.1) is 0 Å². The minimum Gasteiger partial charge on any atom is -0.494 e. The molecular weight excluding hydrogens is 436 g/mol. The van der Waals surface area contributed by atoms with Crippen molar-refractivity contribution < 1.29 is 9.53 Å². The van der Waals surface area contributed by atoms with Crippen LogP contribution in [0.15, 0.2) is 53.3 Å². The first-order chi connectivity index (χ1) is 16.1. The Balaban J connectivity index is 1.57. The molecule has 0 bridgehead atoms. The first kappa shape index (κ1) is 21.3. The molecule has 0 radical (unpaired) electrons. The Hall–Kier alpha value is -3.52. The molecule has 8 heteroatoms. The van der Waals surface area contributed by atoms with Crippen LogP contribution in [0.25, 0.3) is 21.9 Å². The molecule has 168 valence electrons. The van der Waals surface area contributed by atoms with Gasteiger partial charge in [-0.3, -0.25) is 9.59 Å². The van der Waals surface area contributed by atoms with E-state index >= 15 is 0 Å². The summed E-state index contributed by atoms with van der Waals surface area (Å²) in [6.45, 7) is 5.45. The Bertz CT molecular complexity index is 1440. The Labute approximate surface area is 194 Å². The van der Waals surface area contributed by atoms with Crippen LogP contribution >= 0.6 is 11.3 Å². The van der Waals surface area contributed by atoms with Crippen molar-refractivity contribution in [2.45, 2.75) is 33.1 Å². The number of aromatic nitrogens is 3. The van der Waals surface area contributed by atoms with E-state index in [4.69, 9.17) is 4.74 Å². The average molecular weight is 461 g/mol. The maximum Gasteiger partial charge on any atom is 0.291 e. The zero-order valence-electron chi connectivity index (χ0n) is 18.6. The molecule has 0 aliphatic carbocycles. The standard InChI is InChI=1S/C25H24N4O3S/c1-3-5-14-28-19-9-7-6-8-18(19)20(23(28)30)21-24(31)29-25(33-21)26-22(27-29)16-10-12-17(13-11-16)32-15-4-2/h6-13H,3-5,14-15H2,1-2H3. The summed E-state index contributed by atoms with van der Waals surface area (Å²) in [4.78, 5) is 33.4. The Morgan fingerprint density at radius 2 is 1.79 bits per heavy atom. The molecule has 1 aliphatic rings. The third kappa shape index (κ3) is 3.70. The molecule has 0 saturated heterocycles. The van der Waals surface area contributed by atoms with Crippen LogP contribution in [0.4, 0.5) is 5.69 Å². The van der Waals surface area contributed by atoms with E-state index in [0.29, 0.717) is 34.0 Å². The molecule has 5 rings (SSSR count). The molecule has 0 N–H and O–H groups in total. The van der Waals surface area contributed by atoms with Gasteiger partial charge in [-0.15, -0.1) is 5.10 Å². The first-order valence-corrected chi connectivity index (χ1v) is 12.0. The molecule has 3 heterocycles. The second kappa shape index (κ2) is 8.78. The van der Waals surface area contributed by atoms with Crippen LogP contribution in [-0.4, -0.2) is 33.7 Å². The number of anilines is 1. The number of benzene rings is 2. The van der Waals surface area contributed by atoms with Gasteiger partial charge in [0.25, 0.3) is 11.5 Å². The monoisotopic (exact) mass is 460 g/mol. The van der Waals surface area contributed by atoms with E-state index in [9.17, 15) is 9.59 Å². The smallest absolute Gasteiger partial charge is 0.291 e. The summed E-state index contributed by atoms with van der Waals surface area (Å²) in [5, 5.41) is 4.44. The summed E-state index contributed by atoms with van der Waals surface area (Å²) in [6, 6.07) is 15.2. The van der Waals surface area contributed by atoms with Crippen molar-refractivity contribution in [3.63, 3.8) is 0 Å². The molecule has 2 aromatic carbocycles. The average Bonchev–Trinajstić information content (AvgIpc) is 3.47. The number of ether oxygens (including phenoxy) is 1. The van der Waals surface area contributed by atoms with Crippen molar-refractivity contribution in [1.82, 2.24) is 14.6 Å². The van der Waals surface area contributed by atoms with E-state index < -0.39 is 0 Å². The lowest BCUT2D eigenvalue weighted by molar-refractivity contribution is -0.113. The third-order valence-corrected chi connectivity index (χ3v) is 6.66. The van der Waals surface area contributed by atoms with Crippen LogP contribution in [-0.2, 0) is 4.79 Å². The SMILES string of the molecule is CCCCN1C(=O)C(=c2sc3nc(-c4ccc(OCCC)cc4)nn3c2=O)c2ccccc21. The van der Waals surface area contributed by atoms with Crippen LogP contribution in [0.2, 0.25) is 0 Å². The highest BCUT2D eigenvalue weighted by atomic mass is 32.1. The highest BCUT2D eigenvalue weighted by Crippen LogP contribution is 2.35. The summed E-state index contributed by atoms with van der Waals surface area (Å²) >= 11 is 1.21. The van der Waals surface area contributed by atoms with Gasteiger partial charge in [-0.1, -0.05) is 49.8 Å². The number of para-hydroxylation sites is 1. The predicted octanol–water partition coefficient (Wildman–Crippen LogP) is 3.67. The maximum atomic E-state index is 13.3. The summed E-state index contributed by atoms with van der Waals surface area (Å²) in [7, 11) is 0. The zero-order valence-corrected chi connectivity index (χ0v) is 19.4. The van der Waals surface area contributed by atoms with Crippen LogP contribution in [0.1, 0.15) is 38.7 Å². The normalized spacial score (nSPS) is 14.8. The number of nitrogens with zero attached hydrogens (tertiary/aromatic N) is 4. The third-order valence-electron chi connectivity index (χ3n) is 5.63. The highest BCUT2D eigenvalue weighted by Gasteiger charge is 2.33. The first-order valence-electron chi connectivity index (χ1n) is 11.2. The number of rotatable bonds is 7. The molecule has 1 amide bonds. The number of carbonyl (C=O) groups excluding carboxylic acids is 1. The van der Waals surface area contributed by atoms with Gasteiger partial charge in [0.1, 0.15) is 10.3 Å². The van der Waals surface area contributed by atoms with Gasteiger partial charge in [0, 0.05) is 17.7 Å². The molecule has 0 unspecified atom stereocenters. The number of amides is 1. The number of fused-ring (bicyclic) bond motifs is 2. The van der Waals surface area contributed by atoms with E-state index in [-0.39, 0.29) is 11.5 Å². The second-order valence-corrected chi connectivity index (χ2v) is 8.92. The fraction of sp³-hybridized carbons (Fsp3) is 0.280. The van der Waals surface area contributed by atoms with Gasteiger partial charge < -0.3 is 9.64 Å². The maximum absolute atomic E-state index is 13.3. The van der Waals surface area contributed by atoms with Crippen molar-refractivity contribution >= 4 is 33.5 Å². The van der Waals surface area contributed by atoms with Gasteiger partial charge in [0.05, 0.1) is 17.9 Å². The number of hydrogen-bond donors (Lipinski definition) is 0. The van der Waals surface area contributed by atoms with Crippen LogP contribution < -0.4 is 19.7 Å². The highest BCUT2D eigenvalue weighted by molar-refractivity contribution is 7.15. The number of unbranched alkanes of at least 4 members (excludes halogenated alkanes) is 1. The summed E-state index contributed by atoms with van der Waals surface area (Å²) < 4.78 is 7.31. The van der Waals surface area contributed by atoms with Crippen LogP contribution in [0.5, 0.6) is 5.75 Å². The molecular formula is C25H24N4O3S. The number of hydrogen-bond acceptors (Lipinski definition) is 6. The lowest BCUT2D eigenvalue weighted by Gasteiger charge is -2.16. The van der Waals surface area contributed by atoms with Crippen LogP contribution in [0.3, 0.4) is 0 Å². The fourth-order valence-corrected chi connectivity index (χ4v) is 4.96. The van der Waals surface area contributed by atoms with Gasteiger partial charge in [-0.05, 0) is 43.2 Å². The lowest BCUT2D eigenvalue weighted by Crippen LogP contribution is -2.33. The molecule has 33 heavy (non-hydrogen) atoms. The quantitative estimate of drug-likeness (QED) is 0.421. The fourth-order valence-electron chi connectivity index (χ4n) is 3.97. The van der Waals surface area contributed by atoms with Gasteiger partial charge in [-0.2, -0.15) is 9.50 Å². The van der Waals surface area contributed by atoms with E-state index in [1.54, 1.807) is 4.90 Å². The van der Waals surface area contributed by atoms with Gasteiger partial charge in [0.15, 0.2) is 5.82 Å². The van der Waals surface area contributed by atoms with E-state index in [0.717, 1.165) is 41.8 Å². The summed E-state index contributed by atoms with van der Waals surface area (Å²) in [5.41, 5.74) is 2.59. The minimum absolute atomic E-state index is 0.130. The summed E-state index contributed by atoms with van der Waals surface area (Å²) in [5.74, 6) is 1.13. The Morgan fingerprint density at radius 1 is 1.00 bits per heavy atom. The molecule has 4 aromatic rings. The molecule has 7 nitrogen and oxygen atoms in total. The molecule has 0 saturated carbocycles. The Kier molecular flexibility index (Phi) is 5.68. The number of carbonyl (C=O) groups is 1. The zero-order chi connectivity index (χ0) is 22.9. The van der Waals surface area contributed by atoms with E-state index in [2.05, 4.69) is 23.9 Å². The molecule has 0 fully saturated rings. The topological polar surface area (TPSA) is 76.8 Å². The largest absolute Gasteiger partial charge is 0.494 e. The van der Waals surface area contributed by atoms with Gasteiger partial charge in [0.2, 0.25) is 4.96 Å². The van der Waals surface area contributed by atoms with Crippen molar-refractivity contribution in [3.05, 3.63) is 69.0 Å². The predicted molar refractivity (Wildman–Crippen MR) is 130 cm³/mol. The summed E-state index contributed by atoms with van der Waals surface area (Å²) in [6.07, 6.45) is 2.83. The Morgan fingerprint density at radius 3 is 2.52 bits per heavy atom. The van der Waals surface area contributed by atoms with E-state index in [1.165, 1.54) is 15.9 Å². The van der Waals surface area contributed by atoms with E-state index in [1.807, 2.05) is 48.5 Å². The van der Waals surface area contributed by atoms with Gasteiger partial charge in [-0.25, -0.2) is 0 Å².